The van der Waals surface area contributed by atoms with Crippen LogP contribution in [-0.4, -0.2) is 25.3 Å². The fourth-order valence-corrected chi connectivity index (χ4v) is 2.18. The highest BCUT2D eigenvalue weighted by Gasteiger charge is 2.27. The summed E-state index contributed by atoms with van der Waals surface area (Å²) in [6, 6.07) is 6.23. The molecule has 0 aliphatic carbocycles. The molecule has 0 radical (unpaired) electrons. The third-order valence-corrected chi connectivity index (χ3v) is 2.95. The van der Waals surface area contributed by atoms with E-state index in [1.165, 1.54) is 5.56 Å². The molecule has 2 N–H and O–H groups in total. The van der Waals surface area contributed by atoms with E-state index in [1.54, 1.807) is 0 Å². The van der Waals surface area contributed by atoms with Crippen LogP contribution in [-0.2, 0) is 4.74 Å². The predicted octanol–water partition coefficient (Wildman–Crippen LogP) is 2.19. The number of nitrogens with zero attached hydrogens (tertiary/aromatic N) is 1. The smallest absolute Gasteiger partial charge is 0.0801 e. The van der Waals surface area contributed by atoms with E-state index in [0.717, 1.165) is 31.1 Å². The molecule has 1 heterocycles. The molecule has 1 aliphatic rings. The van der Waals surface area contributed by atoms with Gasteiger partial charge in [-0.15, -0.1) is 0 Å². The first-order valence-corrected chi connectivity index (χ1v) is 5.73. The van der Waals surface area contributed by atoms with E-state index in [0.29, 0.717) is 0 Å². The lowest BCUT2D eigenvalue weighted by Gasteiger charge is -2.39. The standard InChI is InChI=1S/C13H20N2O/c1-10-4-5-12(11(14)8-10)15-6-7-16-13(2,3)9-15/h4-5,8H,6-7,9,14H2,1-3H3. The van der Waals surface area contributed by atoms with Crippen molar-refractivity contribution >= 4 is 11.4 Å². The molecule has 1 saturated heterocycles. The molecule has 2 rings (SSSR count). The van der Waals surface area contributed by atoms with Crippen molar-refractivity contribution in [1.82, 2.24) is 0 Å². The molecule has 0 saturated carbocycles. The van der Waals surface area contributed by atoms with Crippen LogP contribution < -0.4 is 10.6 Å². The zero-order valence-electron chi connectivity index (χ0n) is 10.3. The van der Waals surface area contributed by atoms with Gasteiger partial charge < -0.3 is 15.4 Å². The van der Waals surface area contributed by atoms with Gasteiger partial charge in [-0.2, -0.15) is 0 Å². The Bertz CT molecular complexity index is 388. The average Bonchev–Trinajstić information content (AvgIpc) is 2.15. The molecule has 3 nitrogen and oxygen atoms in total. The summed E-state index contributed by atoms with van der Waals surface area (Å²) in [6.45, 7) is 8.85. The van der Waals surface area contributed by atoms with Crippen LogP contribution in [0.5, 0.6) is 0 Å². The Morgan fingerprint density at radius 2 is 2.12 bits per heavy atom. The third-order valence-electron chi connectivity index (χ3n) is 2.95. The number of rotatable bonds is 1. The Kier molecular flexibility index (Phi) is 2.80. The van der Waals surface area contributed by atoms with Crippen molar-refractivity contribution < 1.29 is 4.74 Å². The Balaban J connectivity index is 2.23. The first-order chi connectivity index (χ1) is 7.48. The van der Waals surface area contributed by atoms with Crippen molar-refractivity contribution in [2.45, 2.75) is 26.4 Å². The summed E-state index contributed by atoms with van der Waals surface area (Å²) in [5.41, 5.74) is 9.16. The second-order valence-electron chi connectivity index (χ2n) is 5.09. The minimum absolute atomic E-state index is 0.0877. The topological polar surface area (TPSA) is 38.5 Å². The maximum Gasteiger partial charge on any atom is 0.0801 e. The van der Waals surface area contributed by atoms with Gasteiger partial charge in [-0.05, 0) is 38.5 Å². The van der Waals surface area contributed by atoms with Crippen LogP contribution in [0.4, 0.5) is 11.4 Å². The third kappa shape index (κ3) is 2.30. The molecule has 3 heteroatoms. The number of hydrogen-bond donors (Lipinski definition) is 1. The summed E-state index contributed by atoms with van der Waals surface area (Å²) >= 11 is 0. The number of aryl methyl sites for hydroxylation is 1. The Labute approximate surface area is 97.2 Å². The number of anilines is 2. The molecule has 16 heavy (non-hydrogen) atoms. The SMILES string of the molecule is Cc1ccc(N2CCOC(C)(C)C2)c(N)c1. The van der Waals surface area contributed by atoms with Crippen molar-refractivity contribution in [1.29, 1.82) is 0 Å². The fraction of sp³-hybridized carbons (Fsp3) is 0.538. The second-order valence-corrected chi connectivity index (χ2v) is 5.09. The molecular weight excluding hydrogens is 200 g/mol. The quantitative estimate of drug-likeness (QED) is 0.737. The monoisotopic (exact) mass is 220 g/mol. The molecule has 0 atom stereocenters. The van der Waals surface area contributed by atoms with E-state index in [9.17, 15) is 0 Å². The van der Waals surface area contributed by atoms with Crippen LogP contribution >= 0.6 is 0 Å². The Morgan fingerprint density at radius 3 is 2.75 bits per heavy atom. The molecular formula is C13H20N2O. The average molecular weight is 220 g/mol. The van der Waals surface area contributed by atoms with Crippen LogP contribution in [0, 0.1) is 6.92 Å². The summed E-state index contributed by atoms with van der Waals surface area (Å²) in [7, 11) is 0. The highest BCUT2D eigenvalue weighted by molar-refractivity contribution is 5.68. The number of nitrogen functional groups attached to an aromatic ring is 1. The number of benzene rings is 1. The van der Waals surface area contributed by atoms with Gasteiger partial charge in [-0.3, -0.25) is 0 Å². The molecule has 0 spiro atoms. The lowest BCUT2D eigenvalue weighted by Crippen LogP contribution is -2.48. The minimum Gasteiger partial charge on any atom is -0.397 e. The summed E-state index contributed by atoms with van der Waals surface area (Å²) < 4.78 is 5.70. The Hall–Kier alpha value is -1.22. The van der Waals surface area contributed by atoms with Gasteiger partial charge in [-0.25, -0.2) is 0 Å². The highest BCUT2D eigenvalue weighted by Crippen LogP contribution is 2.28. The highest BCUT2D eigenvalue weighted by atomic mass is 16.5. The number of hydrogen-bond acceptors (Lipinski definition) is 3. The molecule has 88 valence electrons. The van der Waals surface area contributed by atoms with Crippen molar-refractivity contribution in [3.05, 3.63) is 23.8 Å². The molecule has 0 aromatic heterocycles. The van der Waals surface area contributed by atoms with Gasteiger partial charge in [0.25, 0.3) is 0 Å². The van der Waals surface area contributed by atoms with Crippen LogP contribution in [0.15, 0.2) is 18.2 Å². The molecule has 1 aromatic rings. The largest absolute Gasteiger partial charge is 0.397 e. The Morgan fingerprint density at radius 1 is 1.38 bits per heavy atom. The van der Waals surface area contributed by atoms with Crippen LogP contribution in [0.1, 0.15) is 19.4 Å². The van der Waals surface area contributed by atoms with Crippen molar-refractivity contribution in [2.24, 2.45) is 0 Å². The zero-order valence-corrected chi connectivity index (χ0v) is 10.3. The van der Waals surface area contributed by atoms with Gasteiger partial charge in [0.1, 0.15) is 0 Å². The van der Waals surface area contributed by atoms with Gasteiger partial charge in [0, 0.05) is 13.1 Å². The van der Waals surface area contributed by atoms with Crippen LogP contribution in [0.25, 0.3) is 0 Å². The number of ether oxygens (including phenoxy) is 1. The molecule has 1 fully saturated rings. The summed E-state index contributed by atoms with van der Waals surface area (Å²) in [6.07, 6.45) is 0. The minimum atomic E-state index is -0.0877. The number of nitrogens with two attached hydrogens (primary N) is 1. The summed E-state index contributed by atoms with van der Waals surface area (Å²) in [5.74, 6) is 0. The summed E-state index contributed by atoms with van der Waals surface area (Å²) in [5, 5.41) is 0. The van der Waals surface area contributed by atoms with E-state index in [1.807, 2.05) is 6.07 Å². The van der Waals surface area contributed by atoms with Crippen molar-refractivity contribution in [3.8, 4) is 0 Å². The first-order valence-electron chi connectivity index (χ1n) is 5.73. The van der Waals surface area contributed by atoms with E-state index < -0.39 is 0 Å². The normalized spacial score (nSPS) is 19.8. The molecule has 1 aliphatic heterocycles. The fourth-order valence-electron chi connectivity index (χ4n) is 2.18. The molecule has 1 aromatic carbocycles. The van der Waals surface area contributed by atoms with Gasteiger partial charge in [-0.1, -0.05) is 6.07 Å². The lowest BCUT2D eigenvalue weighted by molar-refractivity contribution is -0.0276. The van der Waals surface area contributed by atoms with Crippen LogP contribution in [0.3, 0.4) is 0 Å². The molecule has 0 bridgehead atoms. The molecule has 0 amide bonds. The first kappa shape index (κ1) is 11.3. The maximum absolute atomic E-state index is 6.06. The van der Waals surface area contributed by atoms with Crippen molar-refractivity contribution in [3.63, 3.8) is 0 Å². The predicted molar refractivity (Wildman–Crippen MR) is 67.8 cm³/mol. The summed E-state index contributed by atoms with van der Waals surface area (Å²) in [4.78, 5) is 2.30. The van der Waals surface area contributed by atoms with Gasteiger partial charge in [0.05, 0.1) is 23.6 Å². The molecule has 0 unspecified atom stereocenters. The number of morpholine rings is 1. The van der Waals surface area contributed by atoms with E-state index in [2.05, 4.69) is 37.8 Å². The van der Waals surface area contributed by atoms with E-state index in [4.69, 9.17) is 10.5 Å². The zero-order chi connectivity index (χ0) is 11.8. The second kappa shape index (κ2) is 3.98. The van der Waals surface area contributed by atoms with Gasteiger partial charge in [0.2, 0.25) is 0 Å². The van der Waals surface area contributed by atoms with E-state index in [-0.39, 0.29) is 5.60 Å². The van der Waals surface area contributed by atoms with Crippen LogP contribution in [0.2, 0.25) is 0 Å². The van der Waals surface area contributed by atoms with Gasteiger partial charge in [0.15, 0.2) is 0 Å². The maximum atomic E-state index is 6.06. The van der Waals surface area contributed by atoms with Crippen molar-refractivity contribution in [2.75, 3.05) is 30.3 Å². The van der Waals surface area contributed by atoms with E-state index >= 15 is 0 Å². The van der Waals surface area contributed by atoms with Gasteiger partial charge >= 0.3 is 0 Å². The lowest BCUT2D eigenvalue weighted by atomic mass is 10.1.